The summed E-state index contributed by atoms with van der Waals surface area (Å²) in [6.07, 6.45) is 1.52. The second-order valence-electron chi connectivity index (χ2n) is 5.44. The summed E-state index contributed by atoms with van der Waals surface area (Å²) in [5.41, 5.74) is 0.769. The summed E-state index contributed by atoms with van der Waals surface area (Å²) in [5.74, 6) is -0.707. The molecule has 0 radical (unpaired) electrons. The predicted molar refractivity (Wildman–Crippen MR) is 86.0 cm³/mol. The van der Waals surface area contributed by atoms with Gasteiger partial charge in [0.1, 0.15) is 11.9 Å². The lowest BCUT2D eigenvalue weighted by atomic mass is 10.1. The summed E-state index contributed by atoms with van der Waals surface area (Å²) < 4.78 is 13.0. The summed E-state index contributed by atoms with van der Waals surface area (Å²) in [6, 6.07) is 5.27. The maximum absolute atomic E-state index is 13.0. The van der Waals surface area contributed by atoms with Gasteiger partial charge in [-0.1, -0.05) is 19.1 Å². The van der Waals surface area contributed by atoms with Crippen LogP contribution >= 0.6 is 0 Å². The standard InChI is InChI=1S/C17H25FN2O3/c1-3-5-16(22)20(12-14-6-8-15(18)9-7-14)13(2)17(23)19-10-4-11-21/h6-9,13,21H,3-5,10-12H2,1-2H3,(H,19,23). The van der Waals surface area contributed by atoms with Crippen molar-refractivity contribution in [1.82, 2.24) is 10.2 Å². The fraction of sp³-hybridized carbons (Fsp3) is 0.529. The molecule has 0 saturated heterocycles. The molecule has 0 bridgehead atoms. The number of nitrogens with one attached hydrogen (secondary N) is 1. The van der Waals surface area contributed by atoms with Gasteiger partial charge >= 0.3 is 0 Å². The van der Waals surface area contributed by atoms with Gasteiger partial charge in [0, 0.05) is 26.1 Å². The lowest BCUT2D eigenvalue weighted by molar-refractivity contribution is -0.140. The lowest BCUT2D eigenvalue weighted by Gasteiger charge is -2.28. The Morgan fingerprint density at radius 3 is 2.52 bits per heavy atom. The number of hydrogen-bond donors (Lipinski definition) is 2. The number of hydrogen-bond acceptors (Lipinski definition) is 3. The Hall–Kier alpha value is -1.95. The van der Waals surface area contributed by atoms with Gasteiger partial charge in [-0.25, -0.2) is 4.39 Å². The van der Waals surface area contributed by atoms with Gasteiger partial charge in [-0.3, -0.25) is 9.59 Å². The molecule has 1 atom stereocenters. The van der Waals surface area contributed by atoms with Gasteiger partial charge in [0.25, 0.3) is 0 Å². The molecule has 0 aromatic heterocycles. The quantitative estimate of drug-likeness (QED) is 0.681. The number of carbonyl (C=O) groups excluding carboxylic acids is 2. The molecule has 1 rings (SSSR count). The number of rotatable bonds is 9. The van der Waals surface area contributed by atoms with Crippen LogP contribution < -0.4 is 5.32 Å². The van der Waals surface area contributed by atoms with Gasteiger partial charge < -0.3 is 15.3 Å². The highest BCUT2D eigenvalue weighted by Crippen LogP contribution is 2.12. The number of aliphatic hydroxyl groups excluding tert-OH is 1. The molecule has 128 valence electrons. The number of nitrogens with zero attached hydrogens (tertiary/aromatic N) is 1. The van der Waals surface area contributed by atoms with E-state index in [1.54, 1.807) is 19.1 Å². The van der Waals surface area contributed by atoms with E-state index in [0.717, 1.165) is 5.56 Å². The van der Waals surface area contributed by atoms with Crippen LogP contribution in [0.1, 0.15) is 38.7 Å². The molecule has 0 aliphatic rings. The van der Waals surface area contributed by atoms with Crippen LogP contribution in [-0.2, 0) is 16.1 Å². The third-order valence-electron chi connectivity index (χ3n) is 3.53. The van der Waals surface area contributed by atoms with E-state index in [1.165, 1.54) is 17.0 Å². The number of halogens is 1. The Bertz CT molecular complexity index is 505. The van der Waals surface area contributed by atoms with Crippen molar-refractivity contribution in [2.24, 2.45) is 0 Å². The largest absolute Gasteiger partial charge is 0.396 e. The van der Waals surface area contributed by atoms with E-state index < -0.39 is 6.04 Å². The molecule has 1 aromatic carbocycles. The first-order valence-electron chi connectivity index (χ1n) is 7.92. The van der Waals surface area contributed by atoms with E-state index in [1.807, 2.05) is 6.92 Å². The number of carbonyl (C=O) groups is 2. The monoisotopic (exact) mass is 324 g/mol. The first kappa shape index (κ1) is 19.1. The van der Waals surface area contributed by atoms with Crippen LogP contribution in [0, 0.1) is 5.82 Å². The van der Waals surface area contributed by atoms with Crippen molar-refractivity contribution in [3.8, 4) is 0 Å². The average molecular weight is 324 g/mol. The molecule has 5 nitrogen and oxygen atoms in total. The van der Waals surface area contributed by atoms with E-state index in [4.69, 9.17) is 5.11 Å². The van der Waals surface area contributed by atoms with Crippen LogP contribution in [0.25, 0.3) is 0 Å². The van der Waals surface area contributed by atoms with Crippen molar-refractivity contribution in [2.45, 2.75) is 45.7 Å². The topological polar surface area (TPSA) is 69.6 Å². The molecule has 2 amide bonds. The van der Waals surface area contributed by atoms with Crippen LogP contribution in [0.2, 0.25) is 0 Å². The van der Waals surface area contributed by atoms with Crippen LogP contribution in [0.4, 0.5) is 4.39 Å². The fourth-order valence-corrected chi connectivity index (χ4v) is 2.16. The molecule has 0 aliphatic heterocycles. The van der Waals surface area contributed by atoms with E-state index >= 15 is 0 Å². The maximum Gasteiger partial charge on any atom is 0.242 e. The molecule has 6 heteroatoms. The number of amides is 2. The van der Waals surface area contributed by atoms with Gasteiger partial charge in [0.2, 0.25) is 11.8 Å². The third kappa shape index (κ3) is 6.36. The Balaban J connectivity index is 2.80. The first-order chi connectivity index (χ1) is 11.0. The van der Waals surface area contributed by atoms with E-state index in [-0.39, 0.29) is 30.8 Å². The van der Waals surface area contributed by atoms with Gasteiger partial charge in [-0.2, -0.15) is 0 Å². The predicted octanol–water partition coefficient (Wildman–Crippen LogP) is 1.84. The minimum absolute atomic E-state index is 0.00270. The molecule has 2 N–H and O–H groups in total. The van der Waals surface area contributed by atoms with Crippen LogP contribution in [0.5, 0.6) is 0 Å². The van der Waals surface area contributed by atoms with Crippen molar-refractivity contribution < 1.29 is 19.1 Å². The van der Waals surface area contributed by atoms with Crippen molar-refractivity contribution >= 4 is 11.8 Å². The molecule has 0 heterocycles. The molecule has 1 unspecified atom stereocenters. The van der Waals surface area contributed by atoms with Crippen LogP contribution in [0.3, 0.4) is 0 Å². The van der Waals surface area contributed by atoms with Crippen molar-refractivity contribution in [3.63, 3.8) is 0 Å². The Morgan fingerprint density at radius 2 is 1.96 bits per heavy atom. The molecular weight excluding hydrogens is 299 g/mol. The Labute approximate surface area is 136 Å². The zero-order chi connectivity index (χ0) is 17.2. The highest BCUT2D eigenvalue weighted by Gasteiger charge is 2.25. The Morgan fingerprint density at radius 1 is 1.30 bits per heavy atom. The van der Waals surface area contributed by atoms with E-state index in [9.17, 15) is 14.0 Å². The molecule has 1 aromatic rings. The van der Waals surface area contributed by atoms with Gasteiger partial charge in [-0.15, -0.1) is 0 Å². The van der Waals surface area contributed by atoms with Gasteiger partial charge in [-0.05, 0) is 37.5 Å². The summed E-state index contributed by atoms with van der Waals surface area (Å²) >= 11 is 0. The molecule has 0 saturated carbocycles. The SMILES string of the molecule is CCCC(=O)N(Cc1ccc(F)cc1)C(C)C(=O)NCCCO. The van der Waals surface area contributed by atoms with Crippen molar-refractivity contribution in [3.05, 3.63) is 35.6 Å². The van der Waals surface area contributed by atoms with Crippen LogP contribution in [0.15, 0.2) is 24.3 Å². The summed E-state index contributed by atoms with van der Waals surface area (Å²) in [6.45, 7) is 4.20. The van der Waals surface area contributed by atoms with Crippen molar-refractivity contribution in [1.29, 1.82) is 0 Å². The molecule has 0 fully saturated rings. The maximum atomic E-state index is 13.0. The minimum Gasteiger partial charge on any atom is -0.396 e. The summed E-state index contributed by atoms with van der Waals surface area (Å²) in [5, 5.41) is 11.5. The second kappa shape index (κ2) is 9.94. The molecule has 0 spiro atoms. The summed E-state index contributed by atoms with van der Waals surface area (Å²) in [7, 11) is 0. The lowest BCUT2D eigenvalue weighted by Crippen LogP contribution is -2.47. The van der Waals surface area contributed by atoms with Gasteiger partial charge in [0.15, 0.2) is 0 Å². The fourth-order valence-electron chi connectivity index (χ4n) is 2.16. The molecule has 0 aliphatic carbocycles. The average Bonchev–Trinajstić information content (AvgIpc) is 2.54. The zero-order valence-electron chi connectivity index (χ0n) is 13.7. The molecule has 23 heavy (non-hydrogen) atoms. The highest BCUT2D eigenvalue weighted by atomic mass is 19.1. The number of aliphatic hydroxyl groups is 1. The smallest absolute Gasteiger partial charge is 0.242 e. The minimum atomic E-state index is -0.627. The third-order valence-corrected chi connectivity index (χ3v) is 3.53. The highest BCUT2D eigenvalue weighted by molar-refractivity contribution is 5.87. The molecular formula is C17H25FN2O3. The van der Waals surface area contributed by atoms with E-state index in [2.05, 4.69) is 5.32 Å². The van der Waals surface area contributed by atoms with Gasteiger partial charge in [0.05, 0.1) is 0 Å². The summed E-state index contributed by atoms with van der Waals surface area (Å²) in [4.78, 5) is 26.0. The van der Waals surface area contributed by atoms with Crippen LogP contribution in [-0.4, -0.2) is 41.0 Å². The van der Waals surface area contributed by atoms with Crippen molar-refractivity contribution in [2.75, 3.05) is 13.2 Å². The first-order valence-corrected chi connectivity index (χ1v) is 7.92. The Kier molecular flexibility index (Phi) is 8.26. The zero-order valence-corrected chi connectivity index (χ0v) is 13.7. The normalized spacial score (nSPS) is 11.8. The second-order valence-corrected chi connectivity index (χ2v) is 5.44. The number of benzene rings is 1. The van der Waals surface area contributed by atoms with E-state index in [0.29, 0.717) is 25.8 Å².